The predicted octanol–water partition coefficient (Wildman–Crippen LogP) is 1.33. The third kappa shape index (κ3) is 10.8. The summed E-state index contributed by atoms with van der Waals surface area (Å²) in [5.41, 5.74) is 1.17. The van der Waals surface area contributed by atoms with Crippen LogP contribution in [0.2, 0.25) is 0 Å². The fourth-order valence-electron chi connectivity index (χ4n) is 2.64. The molecule has 1 rings (SSSR count). The van der Waals surface area contributed by atoms with Gasteiger partial charge in [0.2, 0.25) is 5.91 Å². The summed E-state index contributed by atoms with van der Waals surface area (Å²) in [6.45, 7) is 10.1. The number of rotatable bonds is 8. The van der Waals surface area contributed by atoms with Gasteiger partial charge in [0.25, 0.3) is 5.91 Å². The average Bonchev–Trinajstić information content (AvgIpc) is 2.64. The molecule has 2 atom stereocenters. The largest absolute Gasteiger partial charge is 0.460 e. The van der Waals surface area contributed by atoms with Gasteiger partial charge in [0.1, 0.15) is 23.3 Å². The van der Waals surface area contributed by atoms with E-state index in [2.05, 4.69) is 10.6 Å². The van der Waals surface area contributed by atoms with Crippen LogP contribution in [0.1, 0.15) is 53.5 Å². The van der Waals surface area contributed by atoms with E-state index in [1.54, 1.807) is 65.8 Å². The number of hydrogen-bond acceptors (Lipinski definition) is 7. The predicted molar refractivity (Wildman–Crippen MR) is 118 cm³/mol. The number of hydrazine groups is 1. The minimum atomic E-state index is -1.29. The summed E-state index contributed by atoms with van der Waals surface area (Å²) in [6.07, 6.45) is -1.09. The first-order valence-electron chi connectivity index (χ1n) is 10.3. The number of benzene rings is 1. The van der Waals surface area contributed by atoms with Crippen LogP contribution in [-0.2, 0) is 30.3 Å². The third-order valence-electron chi connectivity index (χ3n) is 3.86. The Hall–Kier alpha value is -3.14. The molecule has 0 aliphatic heterocycles. The number of nitrogens with one attached hydrogen (secondary N) is 3. The molecule has 32 heavy (non-hydrogen) atoms. The van der Waals surface area contributed by atoms with Crippen molar-refractivity contribution in [2.45, 2.75) is 77.7 Å². The SMILES string of the molecule is CC(C)(C)OC(=O)C[C@H](NC(=O)[C@@H](Cc1ccccc1)NC(=O)OC(C)(C)C)C(=O)NN. The number of esters is 1. The molecule has 0 bridgehead atoms. The van der Waals surface area contributed by atoms with Gasteiger partial charge in [0.05, 0.1) is 6.42 Å². The first-order valence-corrected chi connectivity index (χ1v) is 10.3. The van der Waals surface area contributed by atoms with Crippen LogP contribution in [0.15, 0.2) is 30.3 Å². The molecule has 0 saturated carbocycles. The molecule has 1 aromatic carbocycles. The quantitative estimate of drug-likeness (QED) is 0.202. The number of carbonyl (C=O) groups excluding carboxylic acids is 4. The lowest BCUT2D eigenvalue weighted by Gasteiger charge is -2.25. The van der Waals surface area contributed by atoms with Gasteiger partial charge in [-0.05, 0) is 47.1 Å². The molecule has 0 fully saturated rings. The van der Waals surface area contributed by atoms with E-state index in [4.69, 9.17) is 15.3 Å². The summed E-state index contributed by atoms with van der Waals surface area (Å²) in [5, 5.41) is 4.99. The molecule has 0 aromatic heterocycles. The molecule has 178 valence electrons. The lowest BCUT2D eigenvalue weighted by atomic mass is 10.0. The van der Waals surface area contributed by atoms with Crippen LogP contribution in [0, 0.1) is 0 Å². The van der Waals surface area contributed by atoms with Gasteiger partial charge in [-0.25, -0.2) is 10.6 Å². The van der Waals surface area contributed by atoms with Crippen molar-refractivity contribution in [3.63, 3.8) is 0 Å². The highest BCUT2D eigenvalue weighted by Crippen LogP contribution is 2.11. The molecule has 0 aliphatic carbocycles. The molecule has 5 N–H and O–H groups in total. The normalized spacial score (nSPS) is 13.3. The van der Waals surface area contributed by atoms with Gasteiger partial charge in [-0.2, -0.15) is 0 Å². The summed E-state index contributed by atoms with van der Waals surface area (Å²) < 4.78 is 10.5. The van der Waals surface area contributed by atoms with Crippen LogP contribution < -0.4 is 21.9 Å². The zero-order valence-corrected chi connectivity index (χ0v) is 19.5. The van der Waals surface area contributed by atoms with E-state index in [1.807, 2.05) is 11.5 Å². The molecule has 3 amide bonds. The van der Waals surface area contributed by atoms with Gasteiger partial charge in [-0.15, -0.1) is 0 Å². The Kier molecular flexibility index (Phi) is 9.64. The van der Waals surface area contributed by atoms with Crippen molar-refractivity contribution in [3.05, 3.63) is 35.9 Å². The smallest absolute Gasteiger partial charge is 0.408 e. The lowest BCUT2D eigenvalue weighted by Crippen LogP contribution is -2.56. The van der Waals surface area contributed by atoms with Gasteiger partial charge < -0.3 is 20.1 Å². The van der Waals surface area contributed by atoms with Crippen LogP contribution in [0.25, 0.3) is 0 Å². The second-order valence-corrected chi connectivity index (χ2v) is 9.25. The fourth-order valence-corrected chi connectivity index (χ4v) is 2.64. The van der Waals surface area contributed by atoms with Crippen LogP contribution in [0.4, 0.5) is 4.79 Å². The van der Waals surface area contributed by atoms with E-state index in [0.717, 1.165) is 5.56 Å². The molecule has 0 saturated heterocycles. The number of ether oxygens (including phenoxy) is 2. The van der Waals surface area contributed by atoms with Gasteiger partial charge in [-0.3, -0.25) is 19.8 Å². The van der Waals surface area contributed by atoms with Crippen LogP contribution >= 0.6 is 0 Å². The highest BCUT2D eigenvalue weighted by molar-refractivity contribution is 5.93. The maximum absolute atomic E-state index is 13.0. The Morgan fingerprint density at radius 2 is 1.41 bits per heavy atom. The number of carbonyl (C=O) groups is 4. The first-order chi connectivity index (χ1) is 14.7. The molecule has 10 nitrogen and oxygen atoms in total. The summed E-state index contributed by atoms with van der Waals surface area (Å²) in [4.78, 5) is 49.6. The molecule has 1 aromatic rings. The monoisotopic (exact) mass is 450 g/mol. The Morgan fingerprint density at radius 3 is 1.91 bits per heavy atom. The number of hydrogen-bond donors (Lipinski definition) is 4. The fraction of sp³-hybridized carbons (Fsp3) is 0.545. The van der Waals surface area contributed by atoms with E-state index in [-0.39, 0.29) is 6.42 Å². The zero-order valence-electron chi connectivity index (χ0n) is 19.5. The van der Waals surface area contributed by atoms with E-state index < -0.39 is 53.6 Å². The van der Waals surface area contributed by atoms with E-state index >= 15 is 0 Å². The van der Waals surface area contributed by atoms with Gasteiger partial charge in [0.15, 0.2) is 0 Å². The Bertz CT molecular complexity index is 799. The van der Waals surface area contributed by atoms with Gasteiger partial charge >= 0.3 is 12.1 Å². The summed E-state index contributed by atoms with van der Waals surface area (Å²) in [5.74, 6) is 3.06. The number of nitrogens with two attached hydrogens (primary N) is 1. The second-order valence-electron chi connectivity index (χ2n) is 9.25. The van der Waals surface area contributed by atoms with E-state index in [1.165, 1.54) is 0 Å². The maximum atomic E-state index is 13.0. The van der Waals surface area contributed by atoms with Crippen molar-refractivity contribution >= 4 is 23.9 Å². The van der Waals surface area contributed by atoms with Crippen LogP contribution in [-0.4, -0.2) is 47.2 Å². The average molecular weight is 451 g/mol. The van der Waals surface area contributed by atoms with Crippen molar-refractivity contribution in [3.8, 4) is 0 Å². The number of amides is 3. The third-order valence-corrected chi connectivity index (χ3v) is 3.86. The standard InChI is InChI=1S/C22H34N4O6/c1-21(2,3)31-17(27)13-16(19(29)26-23)24-18(28)15(12-14-10-8-7-9-11-14)25-20(30)32-22(4,5)6/h7-11,15-16H,12-13,23H2,1-6H3,(H,24,28)(H,25,30)(H,26,29)/t15-,16+/m1/s1. The van der Waals surface area contributed by atoms with Crippen molar-refractivity contribution in [2.75, 3.05) is 0 Å². The molecule has 0 heterocycles. The molecule has 0 radical (unpaired) electrons. The molecule has 10 heteroatoms. The highest BCUT2D eigenvalue weighted by atomic mass is 16.6. The van der Waals surface area contributed by atoms with Crippen molar-refractivity contribution < 1.29 is 28.7 Å². The lowest BCUT2D eigenvalue weighted by molar-refractivity contribution is -0.156. The Morgan fingerprint density at radius 1 is 0.844 bits per heavy atom. The highest BCUT2D eigenvalue weighted by Gasteiger charge is 2.31. The minimum Gasteiger partial charge on any atom is -0.460 e. The Balaban J connectivity index is 3.01. The molecule has 0 unspecified atom stereocenters. The van der Waals surface area contributed by atoms with E-state index in [9.17, 15) is 19.2 Å². The summed E-state index contributed by atoms with van der Waals surface area (Å²) >= 11 is 0. The van der Waals surface area contributed by atoms with Crippen molar-refractivity contribution in [1.82, 2.24) is 16.1 Å². The van der Waals surface area contributed by atoms with Crippen LogP contribution in [0.5, 0.6) is 0 Å². The Labute approximate surface area is 188 Å². The topological polar surface area (TPSA) is 149 Å². The minimum absolute atomic E-state index is 0.134. The van der Waals surface area contributed by atoms with Gasteiger partial charge in [-0.1, -0.05) is 30.3 Å². The van der Waals surface area contributed by atoms with E-state index in [0.29, 0.717) is 0 Å². The van der Waals surface area contributed by atoms with Gasteiger partial charge in [0, 0.05) is 6.42 Å². The first kappa shape index (κ1) is 26.9. The van der Waals surface area contributed by atoms with Crippen molar-refractivity contribution in [1.29, 1.82) is 0 Å². The van der Waals surface area contributed by atoms with Crippen LogP contribution in [0.3, 0.4) is 0 Å². The molecular weight excluding hydrogens is 416 g/mol. The number of alkyl carbamates (subject to hydrolysis) is 1. The molecule has 0 spiro atoms. The molecule has 0 aliphatic rings. The summed E-state index contributed by atoms with van der Waals surface area (Å²) in [7, 11) is 0. The summed E-state index contributed by atoms with van der Waals surface area (Å²) in [6, 6.07) is 6.64. The van der Waals surface area contributed by atoms with Crippen molar-refractivity contribution in [2.24, 2.45) is 5.84 Å². The zero-order chi connectivity index (χ0) is 24.5. The maximum Gasteiger partial charge on any atom is 0.408 e. The molecular formula is C22H34N4O6. The second kappa shape index (κ2) is 11.5.